The lowest BCUT2D eigenvalue weighted by Gasteiger charge is -2.16. The summed E-state index contributed by atoms with van der Waals surface area (Å²) in [7, 11) is -3.03. The molecule has 0 spiro atoms. The number of aromatic nitrogens is 3. The van der Waals surface area contributed by atoms with Crippen molar-refractivity contribution in [1.82, 2.24) is 14.5 Å². The Morgan fingerprint density at radius 1 is 1.19 bits per heavy atom. The zero-order valence-electron chi connectivity index (χ0n) is 19.1. The van der Waals surface area contributed by atoms with Gasteiger partial charge < -0.3 is 9.30 Å². The van der Waals surface area contributed by atoms with Crippen LogP contribution < -0.4 is 0 Å². The van der Waals surface area contributed by atoms with Crippen LogP contribution in [0.2, 0.25) is 0 Å². The van der Waals surface area contributed by atoms with Crippen molar-refractivity contribution in [3.05, 3.63) is 40.0 Å². The van der Waals surface area contributed by atoms with Gasteiger partial charge in [-0.15, -0.1) is 0 Å². The quantitative estimate of drug-likeness (QED) is 0.246. The number of carbonyl (C=O) groups is 2. The van der Waals surface area contributed by atoms with Crippen LogP contribution in [0.3, 0.4) is 0 Å². The molecule has 3 rings (SSSR count). The second kappa shape index (κ2) is 9.74. The van der Waals surface area contributed by atoms with Crippen LogP contribution in [0.25, 0.3) is 0 Å². The summed E-state index contributed by atoms with van der Waals surface area (Å²) in [5.41, 5.74) is 4.61. The number of esters is 1. The van der Waals surface area contributed by atoms with Gasteiger partial charge in [0, 0.05) is 40.8 Å². The van der Waals surface area contributed by atoms with Crippen molar-refractivity contribution in [1.29, 1.82) is 0 Å². The Morgan fingerprint density at radius 2 is 1.84 bits per heavy atom. The number of carbonyl (C=O) groups excluding carboxylic acids is 2. The van der Waals surface area contributed by atoms with Gasteiger partial charge in [-0.3, -0.25) is 9.59 Å². The fourth-order valence-corrected chi connectivity index (χ4v) is 6.44. The molecule has 0 aliphatic carbocycles. The first kappa shape index (κ1) is 24.4. The zero-order valence-corrected chi connectivity index (χ0v) is 20.7. The third-order valence-electron chi connectivity index (χ3n) is 5.88. The van der Waals surface area contributed by atoms with Crippen molar-refractivity contribution in [3.8, 4) is 0 Å². The summed E-state index contributed by atoms with van der Waals surface area (Å²) >= 11 is 1.47. The smallest absolute Gasteiger partial charge is 0.306 e. The highest BCUT2D eigenvalue weighted by atomic mass is 32.2. The standard InChI is InChI=1S/C22H29N3O5S2/c1-13-10-19(16(4)25(13)17-8-9-32(28,29)12-17)20(26)11-30-21(27)7-6-18-14(2)23-22(31-5)24-15(18)3/h10,17H,6-9,11-12H2,1-5H3. The van der Waals surface area contributed by atoms with Gasteiger partial charge in [-0.1, -0.05) is 11.8 Å². The molecule has 174 valence electrons. The van der Waals surface area contributed by atoms with Gasteiger partial charge in [0.15, 0.2) is 21.6 Å². The van der Waals surface area contributed by atoms with Gasteiger partial charge in [-0.2, -0.15) is 0 Å². The third-order valence-corrected chi connectivity index (χ3v) is 8.18. The normalized spacial score (nSPS) is 17.5. The summed E-state index contributed by atoms with van der Waals surface area (Å²) < 4.78 is 30.8. The monoisotopic (exact) mass is 479 g/mol. The SMILES string of the molecule is CSc1nc(C)c(CCC(=O)OCC(=O)c2cc(C)n(C3CCS(=O)(=O)C3)c2C)c(C)n1. The number of rotatable bonds is 8. The lowest BCUT2D eigenvalue weighted by molar-refractivity contribution is -0.142. The summed E-state index contributed by atoms with van der Waals surface area (Å²) in [6, 6.07) is 1.59. The van der Waals surface area contributed by atoms with Crippen LogP contribution in [0.5, 0.6) is 0 Å². The number of hydrogen-bond acceptors (Lipinski definition) is 8. The molecule has 32 heavy (non-hydrogen) atoms. The Labute approximate surface area is 193 Å². The van der Waals surface area contributed by atoms with Crippen LogP contribution in [-0.4, -0.2) is 59.1 Å². The Balaban J connectivity index is 1.59. The number of nitrogens with zero attached hydrogens (tertiary/aromatic N) is 3. The molecule has 2 aromatic heterocycles. The molecule has 0 amide bonds. The lowest BCUT2D eigenvalue weighted by Crippen LogP contribution is -2.17. The van der Waals surface area contributed by atoms with Gasteiger partial charge in [0.1, 0.15) is 0 Å². The number of Topliss-reactive ketones (excluding diaryl/α,β-unsaturated/α-hetero) is 1. The van der Waals surface area contributed by atoms with Crippen molar-refractivity contribution in [3.63, 3.8) is 0 Å². The Kier molecular flexibility index (Phi) is 7.44. The maximum absolute atomic E-state index is 12.7. The highest BCUT2D eigenvalue weighted by molar-refractivity contribution is 7.98. The zero-order chi connectivity index (χ0) is 23.6. The lowest BCUT2D eigenvalue weighted by atomic mass is 10.1. The Hall–Kier alpha value is -2.20. The minimum atomic E-state index is -3.03. The molecule has 1 aliphatic rings. The molecule has 10 heteroatoms. The van der Waals surface area contributed by atoms with Gasteiger partial charge >= 0.3 is 5.97 Å². The van der Waals surface area contributed by atoms with E-state index in [0.717, 1.165) is 22.6 Å². The van der Waals surface area contributed by atoms with Gasteiger partial charge in [0.05, 0.1) is 11.5 Å². The van der Waals surface area contributed by atoms with E-state index in [0.29, 0.717) is 29.3 Å². The number of thioether (sulfide) groups is 1. The molecule has 3 heterocycles. The number of hydrogen-bond donors (Lipinski definition) is 0. The topological polar surface area (TPSA) is 108 Å². The first-order valence-corrected chi connectivity index (χ1v) is 13.5. The van der Waals surface area contributed by atoms with Crippen molar-refractivity contribution in [2.24, 2.45) is 0 Å². The van der Waals surface area contributed by atoms with Crippen molar-refractivity contribution in [2.45, 2.75) is 58.2 Å². The molecular weight excluding hydrogens is 450 g/mol. The van der Waals surface area contributed by atoms with Crippen molar-refractivity contribution >= 4 is 33.4 Å². The number of ketones is 1. The van der Waals surface area contributed by atoms with E-state index in [1.807, 2.05) is 31.6 Å². The Bertz CT molecular complexity index is 1130. The van der Waals surface area contributed by atoms with Crippen LogP contribution in [-0.2, 0) is 25.8 Å². The molecule has 1 fully saturated rings. The van der Waals surface area contributed by atoms with Gasteiger partial charge in [0.2, 0.25) is 5.78 Å². The van der Waals surface area contributed by atoms with E-state index < -0.39 is 15.8 Å². The van der Waals surface area contributed by atoms with Crippen LogP contribution in [0.1, 0.15) is 57.6 Å². The minimum absolute atomic E-state index is 0.0897. The second-order valence-electron chi connectivity index (χ2n) is 8.16. The average Bonchev–Trinajstić information content (AvgIpc) is 3.22. The van der Waals surface area contributed by atoms with Gasteiger partial charge in [-0.25, -0.2) is 18.4 Å². The van der Waals surface area contributed by atoms with E-state index in [2.05, 4.69) is 9.97 Å². The molecule has 1 saturated heterocycles. The first-order chi connectivity index (χ1) is 15.0. The van der Waals surface area contributed by atoms with Crippen LogP contribution in [0.15, 0.2) is 11.2 Å². The van der Waals surface area contributed by atoms with Crippen molar-refractivity contribution < 1.29 is 22.7 Å². The fourth-order valence-electron chi connectivity index (χ4n) is 4.29. The predicted octanol–water partition coefficient (Wildman–Crippen LogP) is 2.95. The first-order valence-electron chi connectivity index (χ1n) is 10.5. The van der Waals surface area contributed by atoms with E-state index in [4.69, 9.17) is 4.74 Å². The number of ether oxygens (including phenoxy) is 1. The fraction of sp³-hybridized carbons (Fsp3) is 0.545. The third kappa shape index (κ3) is 5.40. The summed E-state index contributed by atoms with van der Waals surface area (Å²) in [5, 5.41) is 0.699. The summed E-state index contributed by atoms with van der Waals surface area (Å²) in [4.78, 5) is 33.8. The molecule has 0 aromatic carbocycles. The molecule has 2 aromatic rings. The van der Waals surface area contributed by atoms with E-state index in [-0.39, 0.29) is 36.4 Å². The Morgan fingerprint density at radius 3 is 2.41 bits per heavy atom. The molecular formula is C22H29N3O5S2. The van der Waals surface area contributed by atoms with Crippen LogP contribution >= 0.6 is 11.8 Å². The largest absolute Gasteiger partial charge is 0.457 e. The highest BCUT2D eigenvalue weighted by Crippen LogP contribution is 2.29. The maximum atomic E-state index is 12.7. The number of sulfone groups is 1. The van der Waals surface area contributed by atoms with E-state index in [9.17, 15) is 18.0 Å². The summed E-state index contributed by atoms with van der Waals surface area (Å²) in [6.07, 6.45) is 3.04. The van der Waals surface area contributed by atoms with Crippen LogP contribution in [0.4, 0.5) is 0 Å². The second-order valence-corrected chi connectivity index (χ2v) is 11.2. The maximum Gasteiger partial charge on any atom is 0.306 e. The van der Waals surface area contributed by atoms with E-state index in [1.54, 1.807) is 13.0 Å². The minimum Gasteiger partial charge on any atom is -0.457 e. The molecule has 0 radical (unpaired) electrons. The van der Waals surface area contributed by atoms with Gasteiger partial charge in [-0.05, 0) is 58.4 Å². The number of aryl methyl sites for hydroxylation is 3. The molecule has 8 nitrogen and oxygen atoms in total. The molecule has 1 atom stereocenters. The predicted molar refractivity (Wildman–Crippen MR) is 123 cm³/mol. The average molecular weight is 480 g/mol. The van der Waals surface area contributed by atoms with E-state index in [1.165, 1.54) is 11.8 Å². The summed E-state index contributed by atoms with van der Waals surface area (Å²) in [6.45, 7) is 7.10. The molecule has 0 saturated carbocycles. The van der Waals surface area contributed by atoms with Crippen LogP contribution in [0, 0.1) is 27.7 Å². The molecule has 1 unspecified atom stereocenters. The molecule has 1 aliphatic heterocycles. The van der Waals surface area contributed by atoms with E-state index >= 15 is 0 Å². The van der Waals surface area contributed by atoms with Gasteiger partial charge in [0.25, 0.3) is 0 Å². The molecule has 0 N–H and O–H groups in total. The van der Waals surface area contributed by atoms with Crippen molar-refractivity contribution in [2.75, 3.05) is 24.4 Å². The highest BCUT2D eigenvalue weighted by Gasteiger charge is 2.31. The molecule has 0 bridgehead atoms. The summed E-state index contributed by atoms with van der Waals surface area (Å²) in [5.74, 6) is -0.494.